The summed E-state index contributed by atoms with van der Waals surface area (Å²) in [4.78, 5) is 11.1. The van der Waals surface area contributed by atoms with E-state index in [0.717, 1.165) is 12.3 Å². The van der Waals surface area contributed by atoms with Gasteiger partial charge in [0.25, 0.3) is 0 Å². The number of nitrogens with zero attached hydrogens (tertiary/aromatic N) is 3. The molecular formula is C27H34N4OS. The Morgan fingerprint density at radius 1 is 1.12 bits per heavy atom. The maximum Gasteiger partial charge on any atom is 0.158 e. The summed E-state index contributed by atoms with van der Waals surface area (Å²) in [6.45, 7) is 12.2. The average molecular weight is 463 g/mol. The molecule has 0 radical (unpaired) electrons. The van der Waals surface area contributed by atoms with Crippen molar-refractivity contribution in [1.29, 1.82) is 0 Å². The molecule has 1 aliphatic carbocycles. The number of thiophene rings is 1. The summed E-state index contributed by atoms with van der Waals surface area (Å²) in [5.74, 6) is 0.957. The fourth-order valence-corrected chi connectivity index (χ4v) is 7.75. The second kappa shape index (κ2) is 7.67. The topological polar surface area (TPSA) is 55.2 Å². The summed E-state index contributed by atoms with van der Waals surface area (Å²) >= 11 is 1.96. The Labute approximate surface area is 199 Å². The number of nitrogens with one attached hydrogen (secondary N) is 1. The van der Waals surface area contributed by atoms with E-state index in [4.69, 9.17) is 4.74 Å². The molecule has 6 rings (SSSR count). The number of fused-ring (bicyclic) bond motifs is 2. The largest absolute Gasteiger partial charge is 0.374 e. The number of rotatable bonds is 3. The first-order chi connectivity index (χ1) is 15.9. The standard InChI is InChI=1S/C27H34N4OS/c1-15(2)21-22-18(5)24(19-11-27(32-13-19)9-7-6-8-10-27)33-26(22)30-23(21)20-12-31-25(28-14-29-31)17(4)16(20)3/h12,14-15,19,30H,6-11,13H2,1-5H3. The molecule has 5 heterocycles. The Kier molecular flexibility index (Phi) is 4.97. The Hall–Kier alpha value is -2.18. The molecule has 1 spiro atoms. The van der Waals surface area contributed by atoms with Gasteiger partial charge in [0.05, 0.1) is 17.9 Å². The third-order valence-electron chi connectivity index (χ3n) is 8.28. The molecule has 1 atom stereocenters. The fraction of sp³-hybridized carbons (Fsp3) is 0.556. The molecule has 1 saturated carbocycles. The second-order valence-electron chi connectivity index (χ2n) is 10.6. The predicted molar refractivity (Wildman–Crippen MR) is 136 cm³/mol. The molecule has 0 aromatic carbocycles. The van der Waals surface area contributed by atoms with Gasteiger partial charge in [-0.3, -0.25) is 0 Å². The lowest BCUT2D eigenvalue weighted by molar-refractivity contribution is -0.0245. The Balaban J connectivity index is 1.46. The van der Waals surface area contributed by atoms with E-state index >= 15 is 0 Å². The van der Waals surface area contributed by atoms with Gasteiger partial charge >= 0.3 is 0 Å². The van der Waals surface area contributed by atoms with Crippen LogP contribution in [0.2, 0.25) is 0 Å². The summed E-state index contributed by atoms with van der Waals surface area (Å²) < 4.78 is 8.40. The van der Waals surface area contributed by atoms with E-state index in [1.165, 1.54) is 87.1 Å². The van der Waals surface area contributed by atoms with Crippen LogP contribution in [0.15, 0.2) is 12.5 Å². The lowest BCUT2D eigenvalue weighted by Crippen LogP contribution is -2.30. The Morgan fingerprint density at radius 3 is 2.67 bits per heavy atom. The van der Waals surface area contributed by atoms with Crippen molar-refractivity contribution >= 4 is 27.2 Å². The first-order valence-electron chi connectivity index (χ1n) is 12.5. The number of aryl methyl sites for hydroxylation is 2. The van der Waals surface area contributed by atoms with Crippen LogP contribution in [0.3, 0.4) is 0 Å². The first-order valence-corrected chi connectivity index (χ1v) is 13.3. The van der Waals surface area contributed by atoms with Crippen LogP contribution in [0.1, 0.15) is 91.3 Å². The molecule has 1 N–H and O–H groups in total. The number of hydrogen-bond donors (Lipinski definition) is 1. The summed E-state index contributed by atoms with van der Waals surface area (Å²) in [5, 5.41) is 5.86. The van der Waals surface area contributed by atoms with Gasteiger partial charge in [0.2, 0.25) is 0 Å². The van der Waals surface area contributed by atoms with Crippen molar-refractivity contribution < 1.29 is 4.74 Å². The highest BCUT2D eigenvalue weighted by molar-refractivity contribution is 7.19. The minimum Gasteiger partial charge on any atom is -0.374 e. The number of aromatic amines is 1. The van der Waals surface area contributed by atoms with Gasteiger partial charge in [-0.2, -0.15) is 5.10 Å². The second-order valence-corrected chi connectivity index (χ2v) is 11.7. The first kappa shape index (κ1) is 21.4. The summed E-state index contributed by atoms with van der Waals surface area (Å²) in [6.07, 6.45) is 11.5. The number of aromatic nitrogens is 4. The van der Waals surface area contributed by atoms with Crippen LogP contribution in [0, 0.1) is 20.8 Å². The lowest BCUT2D eigenvalue weighted by atomic mass is 9.80. The third kappa shape index (κ3) is 3.21. The van der Waals surface area contributed by atoms with Crippen molar-refractivity contribution in [3.8, 4) is 11.3 Å². The smallest absolute Gasteiger partial charge is 0.158 e. The molecular weight excluding hydrogens is 428 g/mol. The van der Waals surface area contributed by atoms with Crippen molar-refractivity contribution in [2.75, 3.05) is 6.61 Å². The molecule has 1 unspecified atom stereocenters. The van der Waals surface area contributed by atoms with Crippen molar-refractivity contribution in [2.24, 2.45) is 0 Å². The van der Waals surface area contributed by atoms with Crippen LogP contribution in [0.25, 0.3) is 27.1 Å². The molecule has 33 heavy (non-hydrogen) atoms. The molecule has 174 valence electrons. The molecule has 6 heteroatoms. The number of pyridine rings is 1. The SMILES string of the molecule is Cc1c(-c2[nH]c3sc(C4COC5(CCCCC5)C4)c(C)c3c2C(C)C)cn2ncnc2c1C. The minimum absolute atomic E-state index is 0.154. The van der Waals surface area contributed by atoms with Gasteiger partial charge in [-0.05, 0) is 68.2 Å². The van der Waals surface area contributed by atoms with Crippen LogP contribution in [-0.2, 0) is 4.74 Å². The van der Waals surface area contributed by atoms with Crippen LogP contribution in [0.4, 0.5) is 0 Å². The van der Waals surface area contributed by atoms with Crippen LogP contribution < -0.4 is 0 Å². The molecule has 0 amide bonds. The van der Waals surface area contributed by atoms with Crippen LogP contribution in [-0.4, -0.2) is 31.8 Å². The molecule has 1 aliphatic heterocycles. The van der Waals surface area contributed by atoms with E-state index in [-0.39, 0.29) is 5.60 Å². The average Bonchev–Trinajstić information content (AvgIpc) is 3.55. The van der Waals surface area contributed by atoms with Crippen molar-refractivity contribution in [3.63, 3.8) is 0 Å². The van der Waals surface area contributed by atoms with E-state index < -0.39 is 0 Å². The summed E-state index contributed by atoms with van der Waals surface area (Å²) in [5.41, 5.74) is 8.91. The number of H-pyrrole nitrogens is 1. The van der Waals surface area contributed by atoms with E-state index in [2.05, 4.69) is 55.9 Å². The monoisotopic (exact) mass is 462 g/mol. The highest BCUT2D eigenvalue weighted by Gasteiger charge is 2.42. The molecule has 5 nitrogen and oxygen atoms in total. The van der Waals surface area contributed by atoms with E-state index in [1.54, 1.807) is 6.33 Å². The van der Waals surface area contributed by atoms with Crippen molar-refractivity contribution in [3.05, 3.63) is 39.7 Å². The highest BCUT2D eigenvalue weighted by Crippen LogP contribution is 2.50. The normalized spacial score (nSPS) is 20.7. The van der Waals surface area contributed by atoms with Gasteiger partial charge in [-0.1, -0.05) is 33.1 Å². The zero-order valence-electron chi connectivity index (χ0n) is 20.4. The summed E-state index contributed by atoms with van der Waals surface area (Å²) in [6, 6.07) is 0. The molecule has 1 saturated heterocycles. The lowest BCUT2D eigenvalue weighted by Gasteiger charge is -2.32. The number of hydrogen-bond acceptors (Lipinski definition) is 4. The van der Waals surface area contributed by atoms with Crippen molar-refractivity contribution in [1.82, 2.24) is 19.6 Å². The molecule has 2 fully saturated rings. The van der Waals surface area contributed by atoms with Crippen molar-refractivity contribution in [2.45, 2.75) is 90.6 Å². The maximum absolute atomic E-state index is 6.49. The van der Waals surface area contributed by atoms with Gasteiger partial charge < -0.3 is 9.72 Å². The predicted octanol–water partition coefficient (Wildman–Crippen LogP) is 7.19. The van der Waals surface area contributed by atoms with Gasteiger partial charge in [0.15, 0.2) is 5.65 Å². The maximum atomic E-state index is 6.49. The van der Waals surface area contributed by atoms with E-state index in [0.29, 0.717) is 11.8 Å². The summed E-state index contributed by atoms with van der Waals surface area (Å²) in [7, 11) is 0. The van der Waals surface area contributed by atoms with Gasteiger partial charge in [0.1, 0.15) is 11.2 Å². The molecule has 4 aromatic rings. The highest BCUT2D eigenvalue weighted by atomic mass is 32.1. The third-order valence-corrected chi connectivity index (χ3v) is 9.65. The quantitative estimate of drug-likeness (QED) is 0.350. The fourth-order valence-electron chi connectivity index (χ4n) is 6.44. The number of ether oxygens (including phenoxy) is 1. The zero-order chi connectivity index (χ0) is 22.9. The minimum atomic E-state index is 0.154. The van der Waals surface area contributed by atoms with Crippen LogP contribution >= 0.6 is 11.3 Å². The Bertz CT molecular complexity index is 1350. The van der Waals surface area contributed by atoms with Crippen LogP contribution in [0.5, 0.6) is 0 Å². The van der Waals surface area contributed by atoms with E-state index in [9.17, 15) is 0 Å². The van der Waals surface area contributed by atoms with Gasteiger partial charge in [-0.25, -0.2) is 9.50 Å². The Morgan fingerprint density at radius 2 is 1.91 bits per heavy atom. The molecule has 0 bridgehead atoms. The van der Waals surface area contributed by atoms with Gasteiger partial charge in [-0.15, -0.1) is 11.3 Å². The molecule has 4 aromatic heterocycles. The van der Waals surface area contributed by atoms with E-state index in [1.807, 2.05) is 15.9 Å². The van der Waals surface area contributed by atoms with Gasteiger partial charge in [0, 0.05) is 27.9 Å². The zero-order valence-corrected chi connectivity index (χ0v) is 21.2. The molecule has 2 aliphatic rings.